The van der Waals surface area contributed by atoms with E-state index in [-0.39, 0.29) is 0 Å². The average molecular weight is 304 g/mol. The van der Waals surface area contributed by atoms with Gasteiger partial charge < -0.3 is 5.32 Å². The monoisotopic (exact) mass is 303 g/mol. The Balaban J connectivity index is 1.78. The molecule has 2 aromatic carbocycles. The van der Waals surface area contributed by atoms with Gasteiger partial charge in [0, 0.05) is 15.6 Å². The Hall–Kier alpha value is -1.12. The number of thioether (sulfide) groups is 1. The summed E-state index contributed by atoms with van der Waals surface area (Å²) in [6.45, 7) is 0. The molecule has 0 saturated heterocycles. The van der Waals surface area contributed by atoms with E-state index in [1.54, 1.807) is 11.8 Å². The summed E-state index contributed by atoms with van der Waals surface area (Å²) in [5.41, 5.74) is 2.51. The highest BCUT2D eigenvalue weighted by atomic mass is 35.5. The first-order valence-electron chi connectivity index (χ1n) is 6.92. The molecule has 0 aromatic heterocycles. The van der Waals surface area contributed by atoms with Gasteiger partial charge in [-0.05, 0) is 67.0 Å². The SMILES string of the molecule is CSc1ccc(NC(c2ccc(Cl)cc2)C2CC2)cc1. The second-order valence-corrected chi connectivity index (χ2v) is 6.56. The molecule has 1 aliphatic rings. The number of benzene rings is 2. The molecule has 3 heteroatoms. The topological polar surface area (TPSA) is 12.0 Å². The Morgan fingerprint density at radius 1 is 1.05 bits per heavy atom. The van der Waals surface area contributed by atoms with Crippen LogP contribution >= 0.6 is 23.4 Å². The smallest absolute Gasteiger partial charge is 0.0542 e. The summed E-state index contributed by atoms with van der Waals surface area (Å²) >= 11 is 7.75. The molecule has 2 aromatic rings. The van der Waals surface area contributed by atoms with Gasteiger partial charge in [0.2, 0.25) is 0 Å². The van der Waals surface area contributed by atoms with Crippen LogP contribution in [0.5, 0.6) is 0 Å². The predicted molar refractivity (Wildman–Crippen MR) is 88.8 cm³/mol. The summed E-state index contributed by atoms with van der Waals surface area (Å²) in [5, 5.41) is 4.47. The summed E-state index contributed by atoms with van der Waals surface area (Å²) in [6, 6.07) is 17.3. The van der Waals surface area contributed by atoms with Crippen LogP contribution in [0.3, 0.4) is 0 Å². The molecule has 1 atom stereocenters. The molecule has 0 radical (unpaired) electrons. The molecule has 0 heterocycles. The quantitative estimate of drug-likeness (QED) is 0.719. The Morgan fingerprint density at radius 2 is 1.70 bits per heavy atom. The van der Waals surface area contributed by atoms with E-state index in [4.69, 9.17) is 11.6 Å². The first kappa shape index (κ1) is 13.8. The molecule has 104 valence electrons. The molecule has 0 spiro atoms. The highest BCUT2D eigenvalue weighted by Gasteiger charge is 2.32. The van der Waals surface area contributed by atoms with Crippen LogP contribution in [-0.2, 0) is 0 Å². The van der Waals surface area contributed by atoms with Crippen molar-refractivity contribution in [1.29, 1.82) is 0 Å². The van der Waals surface area contributed by atoms with E-state index < -0.39 is 0 Å². The van der Waals surface area contributed by atoms with Crippen molar-refractivity contribution in [3.05, 3.63) is 59.1 Å². The van der Waals surface area contributed by atoms with Gasteiger partial charge in [-0.2, -0.15) is 0 Å². The van der Waals surface area contributed by atoms with Gasteiger partial charge in [-0.1, -0.05) is 23.7 Å². The molecule has 0 amide bonds. The predicted octanol–water partition coefficient (Wildman–Crippen LogP) is 5.63. The van der Waals surface area contributed by atoms with Gasteiger partial charge >= 0.3 is 0 Å². The lowest BCUT2D eigenvalue weighted by atomic mass is 10.0. The first-order valence-corrected chi connectivity index (χ1v) is 8.52. The molecular weight excluding hydrogens is 286 g/mol. The number of anilines is 1. The zero-order valence-corrected chi connectivity index (χ0v) is 13.0. The zero-order chi connectivity index (χ0) is 13.9. The molecule has 3 rings (SSSR count). The molecule has 1 nitrogen and oxygen atoms in total. The van der Waals surface area contributed by atoms with Crippen LogP contribution in [0.2, 0.25) is 5.02 Å². The summed E-state index contributed by atoms with van der Waals surface area (Å²) < 4.78 is 0. The molecule has 1 aliphatic carbocycles. The minimum atomic E-state index is 0.396. The maximum absolute atomic E-state index is 5.98. The minimum Gasteiger partial charge on any atom is -0.378 e. The van der Waals surface area contributed by atoms with Crippen molar-refractivity contribution < 1.29 is 0 Å². The summed E-state index contributed by atoms with van der Waals surface area (Å²) in [5.74, 6) is 0.747. The second kappa shape index (κ2) is 6.11. The highest BCUT2D eigenvalue weighted by Crippen LogP contribution is 2.43. The fourth-order valence-electron chi connectivity index (χ4n) is 2.44. The molecular formula is C17H18ClNS. The summed E-state index contributed by atoms with van der Waals surface area (Å²) in [7, 11) is 0. The molecule has 1 fully saturated rings. The van der Waals surface area contributed by atoms with Crippen molar-refractivity contribution >= 4 is 29.1 Å². The van der Waals surface area contributed by atoms with E-state index in [9.17, 15) is 0 Å². The molecule has 1 saturated carbocycles. The van der Waals surface area contributed by atoms with Crippen LogP contribution < -0.4 is 5.32 Å². The first-order chi connectivity index (χ1) is 9.76. The van der Waals surface area contributed by atoms with Crippen molar-refractivity contribution in [2.75, 3.05) is 11.6 Å². The van der Waals surface area contributed by atoms with Gasteiger partial charge in [0.25, 0.3) is 0 Å². The lowest BCUT2D eigenvalue weighted by Crippen LogP contribution is -2.12. The van der Waals surface area contributed by atoms with Crippen molar-refractivity contribution in [3.8, 4) is 0 Å². The van der Waals surface area contributed by atoms with Crippen LogP contribution in [0.15, 0.2) is 53.4 Å². The van der Waals surface area contributed by atoms with Crippen molar-refractivity contribution in [3.63, 3.8) is 0 Å². The van der Waals surface area contributed by atoms with E-state index in [0.717, 1.165) is 10.9 Å². The Morgan fingerprint density at radius 3 is 2.25 bits per heavy atom. The number of hydrogen-bond acceptors (Lipinski definition) is 2. The van der Waals surface area contributed by atoms with Gasteiger partial charge in [0.05, 0.1) is 6.04 Å². The lowest BCUT2D eigenvalue weighted by molar-refractivity contribution is 0.679. The van der Waals surface area contributed by atoms with Crippen LogP contribution in [-0.4, -0.2) is 6.26 Å². The molecule has 20 heavy (non-hydrogen) atoms. The number of hydrogen-bond donors (Lipinski definition) is 1. The molecule has 1 unspecified atom stereocenters. The third-order valence-electron chi connectivity index (χ3n) is 3.73. The highest BCUT2D eigenvalue weighted by molar-refractivity contribution is 7.98. The summed E-state index contributed by atoms with van der Waals surface area (Å²) in [4.78, 5) is 1.30. The lowest BCUT2D eigenvalue weighted by Gasteiger charge is -2.20. The van der Waals surface area contributed by atoms with Crippen molar-refractivity contribution in [2.45, 2.75) is 23.8 Å². The van der Waals surface area contributed by atoms with Gasteiger partial charge in [0.1, 0.15) is 0 Å². The number of halogens is 1. The maximum Gasteiger partial charge on any atom is 0.0542 e. The number of rotatable bonds is 5. The van der Waals surface area contributed by atoms with Gasteiger partial charge in [-0.3, -0.25) is 0 Å². The normalized spacial score (nSPS) is 15.9. The van der Waals surface area contributed by atoms with Gasteiger partial charge in [-0.15, -0.1) is 11.8 Å². The van der Waals surface area contributed by atoms with Crippen LogP contribution in [0.25, 0.3) is 0 Å². The van der Waals surface area contributed by atoms with Crippen LogP contribution in [0.4, 0.5) is 5.69 Å². The zero-order valence-electron chi connectivity index (χ0n) is 11.5. The number of nitrogens with one attached hydrogen (secondary N) is 1. The minimum absolute atomic E-state index is 0.396. The standard InChI is InChI=1S/C17H18ClNS/c1-20-16-10-8-15(9-11-16)19-17(12-2-3-12)13-4-6-14(18)7-5-13/h4-12,17,19H,2-3H2,1H3. The molecule has 0 bridgehead atoms. The largest absolute Gasteiger partial charge is 0.378 e. The van der Waals surface area contributed by atoms with Crippen LogP contribution in [0, 0.1) is 5.92 Å². The van der Waals surface area contributed by atoms with E-state index in [0.29, 0.717) is 6.04 Å². The average Bonchev–Trinajstić information content (AvgIpc) is 3.31. The van der Waals surface area contributed by atoms with Crippen molar-refractivity contribution in [2.24, 2.45) is 5.92 Å². The van der Waals surface area contributed by atoms with E-state index in [1.165, 1.54) is 29.0 Å². The second-order valence-electron chi connectivity index (χ2n) is 5.24. The Kier molecular flexibility index (Phi) is 4.23. The summed E-state index contributed by atoms with van der Waals surface area (Å²) in [6.07, 6.45) is 4.72. The van der Waals surface area contributed by atoms with Crippen molar-refractivity contribution in [1.82, 2.24) is 0 Å². The molecule has 1 N–H and O–H groups in total. The third kappa shape index (κ3) is 3.31. The van der Waals surface area contributed by atoms with Crippen LogP contribution in [0.1, 0.15) is 24.4 Å². The van der Waals surface area contributed by atoms with Gasteiger partial charge in [0.15, 0.2) is 0 Å². The Labute approximate surface area is 129 Å². The van der Waals surface area contributed by atoms with E-state index in [1.807, 2.05) is 12.1 Å². The fraction of sp³-hybridized carbons (Fsp3) is 0.294. The fourth-order valence-corrected chi connectivity index (χ4v) is 2.97. The maximum atomic E-state index is 5.98. The molecule has 0 aliphatic heterocycles. The van der Waals surface area contributed by atoms with Gasteiger partial charge in [-0.25, -0.2) is 0 Å². The van der Waals surface area contributed by atoms with E-state index in [2.05, 4.69) is 48.0 Å². The Bertz CT molecular complexity index is 561. The third-order valence-corrected chi connectivity index (χ3v) is 4.73. The van der Waals surface area contributed by atoms with E-state index >= 15 is 0 Å².